The second-order valence-corrected chi connectivity index (χ2v) is 7.72. The number of hydrogen-bond acceptors (Lipinski definition) is 3. The lowest BCUT2D eigenvalue weighted by molar-refractivity contribution is 0.465. The third-order valence-electron chi connectivity index (χ3n) is 5.56. The minimum atomic E-state index is -0.0126. The molecule has 0 heterocycles. The van der Waals surface area contributed by atoms with Crippen molar-refractivity contribution in [1.29, 1.82) is 0 Å². The molecule has 3 heteroatoms. The van der Waals surface area contributed by atoms with Gasteiger partial charge in [0.1, 0.15) is 5.75 Å². The lowest BCUT2D eigenvalue weighted by atomic mass is 9.98. The summed E-state index contributed by atoms with van der Waals surface area (Å²) in [5.74, 6) is 0.311. The third-order valence-corrected chi connectivity index (χ3v) is 5.56. The first-order chi connectivity index (χ1) is 15.2. The Morgan fingerprint density at radius 1 is 0.677 bits per heavy atom. The molecule has 3 N–H and O–H groups in total. The molecule has 31 heavy (non-hydrogen) atoms. The summed E-state index contributed by atoms with van der Waals surface area (Å²) >= 11 is 0. The van der Waals surface area contributed by atoms with Crippen molar-refractivity contribution in [2.75, 3.05) is 5.32 Å². The van der Waals surface area contributed by atoms with E-state index in [4.69, 9.17) is 0 Å². The average Bonchev–Trinajstić information content (AvgIpc) is 2.82. The van der Waals surface area contributed by atoms with Crippen molar-refractivity contribution in [3.63, 3.8) is 0 Å². The Labute approximate surface area is 184 Å². The monoisotopic (exact) mass is 408 g/mol. The van der Waals surface area contributed by atoms with E-state index in [9.17, 15) is 5.11 Å². The summed E-state index contributed by atoms with van der Waals surface area (Å²) in [6, 6.07) is 37.0. The zero-order valence-electron chi connectivity index (χ0n) is 17.7. The van der Waals surface area contributed by atoms with Crippen LogP contribution >= 0.6 is 0 Å². The van der Waals surface area contributed by atoms with E-state index in [1.165, 1.54) is 16.7 Å². The molecule has 0 saturated carbocycles. The van der Waals surface area contributed by atoms with Gasteiger partial charge in [-0.1, -0.05) is 97.1 Å². The van der Waals surface area contributed by atoms with Gasteiger partial charge in [0, 0.05) is 17.8 Å². The normalized spacial score (nSPS) is 11.9. The first-order valence-electron chi connectivity index (χ1n) is 10.7. The molecule has 3 nitrogen and oxygen atoms in total. The van der Waals surface area contributed by atoms with Crippen LogP contribution in [-0.4, -0.2) is 5.11 Å². The number of rotatable bonds is 8. The molecule has 4 rings (SSSR count). The van der Waals surface area contributed by atoms with Crippen molar-refractivity contribution in [2.45, 2.75) is 25.6 Å². The maximum atomic E-state index is 10.2. The zero-order valence-corrected chi connectivity index (χ0v) is 17.7. The maximum Gasteiger partial charge on any atom is 0.120 e. The highest BCUT2D eigenvalue weighted by molar-refractivity contribution is 5.53. The fraction of sp³-hybridized carbons (Fsp3) is 0.143. The second-order valence-electron chi connectivity index (χ2n) is 7.72. The van der Waals surface area contributed by atoms with E-state index < -0.39 is 0 Å². The lowest BCUT2D eigenvalue weighted by Crippen LogP contribution is -2.22. The number of nitrogens with one attached hydrogen (secondary N) is 2. The molecule has 0 unspecified atom stereocenters. The minimum Gasteiger partial charge on any atom is -0.508 e. The van der Waals surface area contributed by atoms with Crippen LogP contribution in [0.2, 0.25) is 0 Å². The standard InChI is InChI=1S/C28H28N2O/c1-21(25-17-9-11-19-27(25)31)30-26-18-10-8-16-24(26)20-29-28(22-12-4-2-5-13-22)23-14-6-3-7-15-23/h2-19,21,28-31H,20H2,1H3/t21-/m0/s1. The van der Waals surface area contributed by atoms with Crippen LogP contribution in [-0.2, 0) is 6.54 Å². The molecule has 0 aliphatic heterocycles. The van der Waals surface area contributed by atoms with Crippen LogP contribution in [0.25, 0.3) is 0 Å². The van der Waals surface area contributed by atoms with Gasteiger partial charge in [0.15, 0.2) is 0 Å². The molecule has 1 atom stereocenters. The predicted molar refractivity (Wildman–Crippen MR) is 128 cm³/mol. The number of para-hydroxylation sites is 2. The fourth-order valence-corrected chi connectivity index (χ4v) is 3.91. The van der Waals surface area contributed by atoms with E-state index >= 15 is 0 Å². The van der Waals surface area contributed by atoms with Crippen molar-refractivity contribution < 1.29 is 5.11 Å². The van der Waals surface area contributed by atoms with Gasteiger partial charge in [0.05, 0.1) is 12.1 Å². The molecule has 0 bridgehead atoms. The molecule has 0 fully saturated rings. The van der Waals surface area contributed by atoms with E-state index in [1.807, 2.05) is 36.4 Å². The van der Waals surface area contributed by atoms with Crippen molar-refractivity contribution in [3.8, 4) is 5.75 Å². The van der Waals surface area contributed by atoms with Gasteiger partial charge >= 0.3 is 0 Å². The molecule has 0 aromatic heterocycles. The fourth-order valence-electron chi connectivity index (χ4n) is 3.91. The van der Waals surface area contributed by atoms with Gasteiger partial charge in [0.25, 0.3) is 0 Å². The Morgan fingerprint density at radius 2 is 1.23 bits per heavy atom. The molecule has 0 amide bonds. The summed E-state index contributed by atoms with van der Waals surface area (Å²) in [7, 11) is 0. The zero-order chi connectivity index (χ0) is 21.5. The Hall–Kier alpha value is -3.56. The lowest BCUT2D eigenvalue weighted by Gasteiger charge is -2.23. The first-order valence-corrected chi connectivity index (χ1v) is 10.7. The molecule has 0 aliphatic rings. The predicted octanol–water partition coefficient (Wildman–Crippen LogP) is 6.44. The molecule has 156 valence electrons. The van der Waals surface area contributed by atoms with Gasteiger partial charge in [0.2, 0.25) is 0 Å². The summed E-state index contributed by atoms with van der Waals surface area (Å²) in [5, 5.41) is 17.5. The van der Waals surface area contributed by atoms with Gasteiger partial charge in [-0.15, -0.1) is 0 Å². The molecular formula is C28H28N2O. The van der Waals surface area contributed by atoms with Crippen molar-refractivity contribution in [3.05, 3.63) is 131 Å². The Balaban J connectivity index is 1.54. The van der Waals surface area contributed by atoms with Crippen LogP contribution in [0, 0.1) is 0 Å². The van der Waals surface area contributed by atoms with Gasteiger partial charge < -0.3 is 15.7 Å². The molecule has 0 radical (unpaired) electrons. The number of anilines is 1. The summed E-state index contributed by atoms with van der Waals surface area (Å²) in [5.41, 5.74) is 5.60. The van der Waals surface area contributed by atoms with Crippen LogP contribution in [0.4, 0.5) is 5.69 Å². The SMILES string of the molecule is C[C@H](Nc1ccccc1CNC(c1ccccc1)c1ccccc1)c1ccccc1O. The summed E-state index contributed by atoms with van der Waals surface area (Å²) < 4.78 is 0. The molecule has 4 aromatic carbocycles. The van der Waals surface area contributed by atoms with Crippen LogP contribution in [0.15, 0.2) is 109 Å². The quantitative estimate of drug-likeness (QED) is 0.314. The molecule has 0 spiro atoms. The summed E-state index contributed by atoms with van der Waals surface area (Å²) in [6.07, 6.45) is 0. The highest BCUT2D eigenvalue weighted by Gasteiger charge is 2.15. The second kappa shape index (κ2) is 9.96. The van der Waals surface area contributed by atoms with Crippen molar-refractivity contribution >= 4 is 5.69 Å². The summed E-state index contributed by atoms with van der Waals surface area (Å²) in [6.45, 7) is 2.78. The number of phenols is 1. The van der Waals surface area contributed by atoms with Gasteiger partial charge in [-0.05, 0) is 35.7 Å². The van der Waals surface area contributed by atoms with E-state index in [-0.39, 0.29) is 12.1 Å². The smallest absolute Gasteiger partial charge is 0.120 e. The highest BCUT2D eigenvalue weighted by atomic mass is 16.3. The topological polar surface area (TPSA) is 44.3 Å². The Bertz CT molecular complexity index is 1060. The van der Waals surface area contributed by atoms with Crippen LogP contribution in [0.3, 0.4) is 0 Å². The van der Waals surface area contributed by atoms with Crippen molar-refractivity contribution in [1.82, 2.24) is 5.32 Å². The third kappa shape index (κ3) is 5.14. The van der Waals surface area contributed by atoms with Crippen molar-refractivity contribution in [2.24, 2.45) is 0 Å². The van der Waals surface area contributed by atoms with E-state index in [2.05, 4.69) is 84.3 Å². The number of benzene rings is 4. The van der Waals surface area contributed by atoms with Gasteiger partial charge in [-0.2, -0.15) is 0 Å². The summed E-state index contributed by atoms with van der Waals surface area (Å²) in [4.78, 5) is 0. The number of hydrogen-bond donors (Lipinski definition) is 3. The van der Waals surface area contributed by atoms with Crippen LogP contribution in [0.1, 0.15) is 41.3 Å². The Kier molecular flexibility index (Phi) is 6.65. The maximum absolute atomic E-state index is 10.2. The first kappa shape index (κ1) is 20.7. The molecule has 4 aromatic rings. The molecular weight excluding hydrogens is 380 g/mol. The number of aromatic hydroxyl groups is 1. The average molecular weight is 409 g/mol. The largest absolute Gasteiger partial charge is 0.508 e. The van der Waals surface area contributed by atoms with E-state index in [1.54, 1.807) is 6.07 Å². The van der Waals surface area contributed by atoms with Crippen LogP contribution in [0.5, 0.6) is 5.75 Å². The highest BCUT2D eigenvalue weighted by Crippen LogP contribution is 2.29. The number of phenolic OH excluding ortho intramolecular Hbond substituents is 1. The Morgan fingerprint density at radius 3 is 1.87 bits per heavy atom. The minimum absolute atomic E-state index is 0.0126. The van der Waals surface area contributed by atoms with Crippen LogP contribution < -0.4 is 10.6 Å². The van der Waals surface area contributed by atoms with Gasteiger partial charge in [-0.3, -0.25) is 0 Å². The van der Waals surface area contributed by atoms with E-state index in [0.717, 1.165) is 11.3 Å². The molecule has 0 saturated heterocycles. The molecule has 0 aliphatic carbocycles. The van der Waals surface area contributed by atoms with E-state index in [0.29, 0.717) is 12.3 Å². The van der Waals surface area contributed by atoms with Gasteiger partial charge in [-0.25, -0.2) is 0 Å².